The van der Waals surface area contributed by atoms with Gasteiger partial charge in [-0.1, -0.05) is 25.3 Å². The zero-order chi connectivity index (χ0) is 16.9. The van der Waals surface area contributed by atoms with Gasteiger partial charge in [-0.2, -0.15) is 0 Å². The Kier molecular flexibility index (Phi) is 5.64. The first-order valence-electron chi connectivity index (χ1n) is 9.24. The minimum absolute atomic E-state index is 0.181. The number of hydrogen-bond acceptors (Lipinski definition) is 3. The van der Waals surface area contributed by atoms with Crippen molar-refractivity contribution in [2.75, 3.05) is 20.8 Å². The van der Waals surface area contributed by atoms with Crippen molar-refractivity contribution in [3.05, 3.63) is 23.8 Å². The number of carbonyl (C=O) groups excluding carboxylic acids is 1. The number of ether oxygens (including phenoxy) is 2. The molecule has 2 aliphatic rings. The molecule has 0 radical (unpaired) electrons. The van der Waals surface area contributed by atoms with E-state index in [9.17, 15) is 4.79 Å². The first kappa shape index (κ1) is 17.1. The van der Waals surface area contributed by atoms with Crippen LogP contribution in [0.2, 0.25) is 0 Å². The Balaban J connectivity index is 1.71. The Morgan fingerprint density at radius 3 is 2.50 bits per heavy atom. The monoisotopic (exact) mass is 331 g/mol. The van der Waals surface area contributed by atoms with Crippen molar-refractivity contribution >= 4 is 5.91 Å². The van der Waals surface area contributed by atoms with Crippen LogP contribution in [0.3, 0.4) is 0 Å². The van der Waals surface area contributed by atoms with Crippen LogP contribution in [0.25, 0.3) is 0 Å². The maximum atomic E-state index is 12.8. The molecule has 1 aromatic carbocycles. The molecule has 1 saturated heterocycles. The lowest BCUT2D eigenvalue weighted by Gasteiger charge is -2.28. The highest BCUT2D eigenvalue weighted by atomic mass is 16.5. The van der Waals surface area contributed by atoms with E-state index in [4.69, 9.17) is 9.47 Å². The molecule has 4 heteroatoms. The summed E-state index contributed by atoms with van der Waals surface area (Å²) in [5, 5.41) is 0. The summed E-state index contributed by atoms with van der Waals surface area (Å²) in [4.78, 5) is 14.9. The van der Waals surface area contributed by atoms with Crippen molar-refractivity contribution in [3.8, 4) is 11.5 Å². The standard InChI is InChI=1S/C20H29NO3/c1-23-18-11-10-16(14-19(18)24-2)17-9-6-12-21(17)20(22)13-15-7-4-3-5-8-15/h10-11,14-15,17H,3-9,12-13H2,1-2H3. The number of carbonyl (C=O) groups is 1. The van der Waals surface area contributed by atoms with Crippen LogP contribution in [0.1, 0.15) is 63.0 Å². The summed E-state index contributed by atoms with van der Waals surface area (Å²) in [6.07, 6.45) is 9.20. The number of benzene rings is 1. The summed E-state index contributed by atoms with van der Waals surface area (Å²) >= 11 is 0. The molecular weight excluding hydrogens is 302 g/mol. The molecule has 1 atom stereocenters. The average molecular weight is 331 g/mol. The second-order valence-electron chi connectivity index (χ2n) is 7.07. The van der Waals surface area contributed by atoms with E-state index in [0.29, 0.717) is 11.8 Å². The topological polar surface area (TPSA) is 38.8 Å². The molecule has 132 valence electrons. The Morgan fingerprint density at radius 2 is 1.79 bits per heavy atom. The summed E-state index contributed by atoms with van der Waals surface area (Å²) in [5.74, 6) is 2.40. The number of amides is 1. The molecule has 1 unspecified atom stereocenters. The molecule has 1 aromatic rings. The highest BCUT2D eigenvalue weighted by molar-refractivity contribution is 5.77. The largest absolute Gasteiger partial charge is 0.493 e. The van der Waals surface area contributed by atoms with Crippen molar-refractivity contribution in [1.29, 1.82) is 0 Å². The van der Waals surface area contributed by atoms with Crippen molar-refractivity contribution in [2.45, 2.75) is 57.4 Å². The van der Waals surface area contributed by atoms with Gasteiger partial charge in [0.2, 0.25) is 5.91 Å². The van der Waals surface area contributed by atoms with Crippen LogP contribution in [0, 0.1) is 5.92 Å². The van der Waals surface area contributed by atoms with Crippen molar-refractivity contribution in [1.82, 2.24) is 4.90 Å². The first-order chi connectivity index (χ1) is 11.7. The van der Waals surface area contributed by atoms with Crippen LogP contribution in [-0.4, -0.2) is 31.6 Å². The molecule has 1 aliphatic heterocycles. The van der Waals surface area contributed by atoms with E-state index in [0.717, 1.165) is 42.9 Å². The first-order valence-corrected chi connectivity index (χ1v) is 9.24. The third-order valence-electron chi connectivity index (χ3n) is 5.55. The van der Waals surface area contributed by atoms with Gasteiger partial charge in [-0.05, 0) is 49.3 Å². The number of rotatable bonds is 5. The molecule has 4 nitrogen and oxygen atoms in total. The smallest absolute Gasteiger partial charge is 0.223 e. The number of methoxy groups -OCH3 is 2. The normalized spacial score (nSPS) is 21.8. The maximum absolute atomic E-state index is 12.8. The fourth-order valence-electron chi connectivity index (χ4n) is 4.23. The van der Waals surface area contributed by atoms with Gasteiger partial charge in [0.05, 0.1) is 20.3 Å². The predicted octanol–water partition coefficient (Wildman–Crippen LogP) is 4.34. The molecule has 1 saturated carbocycles. The second-order valence-corrected chi connectivity index (χ2v) is 7.07. The van der Waals surface area contributed by atoms with Gasteiger partial charge in [-0.3, -0.25) is 4.79 Å². The van der Waals surface area contributed by atoms with Gasteiger partial charge in [0, 0.05) is 13.0 Å². The Bertz CT molecular complexity index is 566. The fourth-order valence-corrected chi connectivity index (χ4v) is 4.23. The Labute approximate surface area is 145 Å². The van der Waals surface area contributed by atoms with Crippen LogP contribution in [-0.2, 0) is 4.79 Å². The molecular formula is C20H29NO3. The second kappa shape index (κ2) is 7.91. The van der Waals surface area contributed by atoms with Crippen molar-refractivity contribution in [3.63, 3.8) is 0 Å². The quantitative estimate of drug-likeness (QED) is 0.806. The summed E-state index contributed by atoms with van der Waals surface area (Å²) in [6, 6.07) is 6.21. The van der Waals surface area contributed by atoms with Gasteiger partial charge in [0.1, 0.15) is 0 Å². The zero-order valence-corrected chi connectivity index (χ0v) is 14.9. The number of likely N-dealkylation sites (tertiary alicyclic amines) is 1. The lowest BCUT2D eigenvalue weighted by atomic mass is 9.86. The van der Waals surface area contributed by atoms with Crippen LogP contribution in [0.15, 0.2) is 18.2 Å². The predicted molar refractivity (Wildman–Crippen MR) is 94.4 cm³/mol. The Hall–Kier alpha value is -1.71. The van der Waals surface area contributed by atoms with E-state index in [1.54, 1.807) is 14.2 Å². The fraction of sp³-hybridized carbons (Fsp3) is 0.650. The molecule has 0 spiro atoms. The van der Waals surface area contributed by atoms with Gasteiger partial charge in [-0.25, -0.2) is 0 Å². The van der Waals surface area contributed by atoms with Gasteiger partial charge in [-0.15, -0.1) is 0 Å². The lowest BCUT2D eigenvalue weighted by molar-refractivity contribution is -0.133. The third-order valence-corrected chi connectivity index (χ3v) is 5.55. The number of hydrogen-bond donors (Lipinski definition) is 0. The minimum Gasteiger partial charge on any atom is -0.493 e. The van der Waals surface area contributed by atoms with Gasteiger partial charge >= 0.3 is 0 Å². The van der Waals surface area contributed by atoms with Gasteiger partial charge in [0.25, 0.3) is 0 Å². The van der Waals surface area contributed by atoms with Gasteiger partial charge < -0.3 is 14.4 Å². The summed E-state index contributed by atoms with van der Waals surface area (Å²) in [7, 11) is 3.30. The minimum atomic E-state index is 0.181. The number of nitrogens with zero attached hydrogens (tertiary/aromatic N) is 1. The molecule has 3 rings (SSSR count). The average Bonchev–Trinajstić information content (AvgIpc) is 3.12. The van der Waals surface area contributed by atoms with Crippen LogP contribution in [0.4, 0.5) is 0 Å². The van der Waals surface area contributed by atoms with E-state index in [2.05, 4.69) is 11.0 Å². The van der Waals surface area contributed by atoms with Crippen LogP contribution >= 0.6 is 0 Å². The molecule has 0 bridgehead atoms. The van der Waals surface area contributed by atoms with E-state index < -0.39 is 0 Å². The lowest BCUT2D eigenvalue weighted by Crippen LogP contribution is -2.32. The Morgan fingerprint density at radius 1 is 1.04 bits per heavy atom. The summed E-state index contributed by atoms with van der Waals surface area (Å²) in [6.45, 7) is 0.880. The highest BCUT2D eigenvalue weighted by Crippen LogP contribution is 2.38. The zero-order valence-electron chi connectivity index (χ0n) is 14.9. The molecule has 0 aromatic heterocycles. The van der Waals surface area contributed by atoms with Crippen molar-refractivity contribution in [2.24, 2.45) is 5.92 Å². The van der Waals surface area contributed by atoms with E-state index in [1.165, 1.54) is 32.1 Å². The molecule has 1 heterocycles. The molecule has 1 aliphatic carbocycles. The molecule has 0 N–H and O–H groups in total. The van der Waals surface area contributed by atoms with Crippen LogP contribution in [0.5, 0.6) is 11.5 Å². The molecule has 24 heavy (non-hydrogen) atoms. The SMILES string of the molecule is COc1ccc(C2CCCN2C(=O)CC2CCCCC2)cc1OC. The molecule has 1 amide bonds. The highest BCUT2D eigenvalue weighted by Gasteiger charge is 2.31. The van der Waals surface area contributed by atoms with Crippen LogP contribution < -0.4 is 9.47 Å². The summed E-state index contributed by atoms with van der Waals surface area (Å²) < 4.78 is 10.7. The van der Waals surface area contributed by atoms with E-state index >= 15 is 0 Å². The van der Waals surface area contributed by atoms with Crippen molar-refractivity contribution < 1.29 is 14.3 Å². The maximum Gasteiger partial charge on any atom is 0.223 e. The summed E-state index contributed by atoms with van der Waals surface area (Å²) in [5.41, 5.74) is 1.15. The van der Waals surface area contributed by atoms with E-state index in [1.807, 2.05) is 12.1 Å². The van der Waals surface area contributed by atoms with Gasteiger partial charge in [0.15, 0.2) is 11.5 Å². The van der Waals surface area contributed by atoms with E-state index in [-0.39, 0.29) is 6.04 Å². The molecule has 2 fully saturated rings. The third kappa shape index (κ3) is 3.68.